The molecular weight excluding hydrogens is 452 g/mol. The summed E-state index contributed by atoms with van der Waals surface area (Å²) in [6.45, 7) is 9.49. The summed E-state index contributed by atoms with van der Waals surface area (Å²) in [5.41, 5.74) is 2.72. The van der Waals surface area contributed by atoms with Crippen LogP contribution in [0.3, 0.4) is 0 Å². The van der Waals surface area contributed by atoms with Crippen molar-refractivity contribution in [3.05, 3.63) is 59.2 Å². The Morgan fingerprint density at radius 1 is 1.06 bits per heavy atom. The Balaban J connectivity index is 1.57. The summed E-state index contributed by atoms with van der Waals surface area (Å²) in [6, 6.07) is 13.0. The summed E-state index contributed by atoms with van der Waals surface area (Å²) in [4.78, 5) is 12.9. The molecule has 0 spiro atoms. The van der Waals surface area contributed by atoms with E-state index in [1.165, 1.54) is 4.31 Å². The average molecular weight is 489 g/mol. The highest BCUT2D eigenvalue weighted by Gasteiger charge is 2.32. The zero-order chi connectivity index (χ0) is 24.7. The Hall–Kier alpha value is -2.58. The lowest BCUT2D eigenvalue weighted by Gasteiger charge is -2.31. The zero-order valence-electron chi connectivity index (χ0n) is 20.5. The molecule has 2 aromatic rings. The molecule has 2 aromatic carbocycles. The molecule has 34 heavy (non-hydrogen) atoms. The van der Waals surface area contributed by atoms with Gasteiger partial charge in [-0.2, -0.15) is 0 Å². The van der Waals surface area contributed by atoms with Gasteiger partial charge < -0.3 is 14.8 Å². The molecule has 0 unspecified atom stereocenters. The lowest BCUT2D eigenvalue weighted by Crippen LogP contribution is -2.43. The molecule has 1 N–H and O–H groups in total. The zero-order valence-corrected chi connectivity index (χ0v) is 21.4. The standard InChI is InChI=1S/C26H36N2O5S/c1-5-32-24-12-11-22(17-25(24)33-6-2)20(4)27-26(29)21-13-15-28(16-14-21)34(30,31)18-23-10-8-7-9-19(23)3/h7-12,17,20-21H,5-6,13-16,18H2,1-4H3,(H,27,29)/t20-/m0/s1. The molecule has 186 valence electrons. The number of carbonyl (C=O) groups excluding carboxylic acids is 1. The van der Waals surface area contributed by atoms with Gasteiger partial charge in [-0.1, -0.05) is 30.3 Å². The van der Waals surface area contributed by atoms with E-state index in [2.05, 4.69) is 5.32 Å². The van der Waals surface area contributed by atoms with E-state index in [0.717, 1.165) is 16.7 Å². The van der Waals surface area contributed by atoms with E-state index in [4.69, 9.17) is 9.47 Å². The fraction of sp³-hybridized carbons (Fsp3) is 0.500. The highest BCUT2D eigenvalue weighted by molar-refractivity contribution is 7.88. The second-order valence-corrected chi connectivity index (χ2v) is 10.6. The maximum absolute atomic E-state index is 12.9. The molecule has 0 bridgehead atoms. The van der Waals surface area contributed by atoms with Crippen LogP contribution in [0.1, 0.15) is 56.3 Å². The minimum absolute atomic E-state index is 0.00647. The third-order valence-corrected chi connectivity index (χ3v) is 8.07. The molecule has 0 radical (unpaired) electrons. The van der Waals surface area contributed by atoms with E-state index in [1.54, 1.807) is 0 Å². The van der Waals surface area contributed by atoms with Crippen LogP contribution in [0.25, 0.3) is 0 Å². The van der Waals surface area contributed by atoms with Crippen molar-refractivity contribution in [2.75, 3.05) is 26.3 Å². The number of nitrogens with zero attached hydrogens (tertiary/aromatic N) is 1. The lowest BCUT2D eigenvalue weighted by molar-refractivity contribution is -0.126. The van der Waals surface area contributed by atoms with Gasteiger partial charge in [0.05, 0.1) is 25.0 Å². The minimum Gasteiger partial charge on any atom is -0.490 e. The van der Waals surface area contributed by atoms with E-state index in [9.17, 15) is 13.2 Å². The molecule has 1 aliphatic rings. The van der Waals surface area contributed by atoms with E-state index in [1.807, 2.05) is 70.2 Å². The number of carbonyl (C=O) groups is 1. The molecule has 1 aliphatic heterocycles. The fourth-order valence-corrected chi connectivity index (χ4v) is 5.87. The van der Waals surface area contributed by atoms with E-state index in [0.29, 0.717) is 50.6 Å². The lowest BCUT2D eigenvalue weighted by atomic mass is 9.96. The average Bonchev–Trinajstić information content (AvgIpc) is 2.82. The predicted octanol–water partition coefficient (Wildman–Crippen LogP) is 4.21. The van der Waals surface area contributed by atoms with Crippen LogP contribution in [0, 0.1) is 12.8 Å². The first kappa shape index (κ1) is 26.0. The van der Waals surface area contributed by atoms with Crippen molar-refractivity contribution in [2.24, 2.45) is 5.92 Å². The van der Waals surface area contributed by atoms with Gasteiger partial charge in [0.2, 0.25) is 15.9 Å². The Labute approximate surface area is 203 Å². The quantitative estimate of drug-likeness (QED) is 0.542. The summed E-state index contributed by atoms with van der Waals surface area (Å²) in [6.07, 6.45) is 1.03. The third kappa shape index (κ3) is 6.51. The molecule has 3 rings (SSSR count). The molecule has 8 heteroatoms. The van der Waals surface area contributed by atoms with Gasteiger partial charge in [0, 0.05) is 19.0 Å². The molecule has 1 amide bonds. The van der Waals surface area contributed by atoms with Gasteiger partial charge in [-0.05, 0) is 69.4 Å². The molecule has 1 atom stereocenters. The number of amides is 1. The molecule has 0 saturated carbocycles. The van der Waals surface area contributed by atoms with Crippen molar-refractivity contribution in [1.82, 2.24) is 9.62 Å². The highest BCUT2D eigenvalue weighted by Crippen LogP contribution is 2.31. The van der Waals surface area contributed by atoms with Gasteiger partial charge in [0.25, 0.3) is 0 Å². The Bertz CT molecular complexity index is 1080. The number of rotatable bonds is 10. The molecule has 1 heterocycles. The maximum atomic E-state index is 12.9. The van der Waals surface area contributed by atoms with E-state index in [-0.39, 0.29) is 23.6 Å². The minimum atomic E-state index is -3.42. The van der Waals surface area contributed by atoms with Crippen LogP contribution in [0.5, 0.6) is 11.5 Å². The second kappa shape index (κ2) is 11.7. The first-order valence-corrected chi connectivity index (χ1v) is 13.6. The number of aryl methyl sites for hydroxylation is 1. The number of sulfonamides is 1. The van der Waals surface area contributed by atoms with Crippen LogP contribution in [0.15, 0.2) is 42.5 Å². The summed E-state index contributed by atoms with van der Waals surface area (Å²) < 4.78 is 38.7. The molecule has 7 nitrogen and oxygen atoms in total. The van der Waals surface area contributed by atoms with E-state index < -0.39 is 10.0 Å². The Kier molecular flexibility index (Phi) is 8.97. The van der Waals surface area contributed by atoms with Gasteiger partial charge in [-0.25, -0.2) is 12.7 Å². The van der Waals surface area contributed by atoms with Crippen molar-refractivity contribution >= 4 is 15.9 Å². The molecule has 1 fully saturated rings. The molecule has 1 saturated heterocycles. The summed E-state index contributed by atoms with van der Waals surface area (Å²) >= 11 is 0. The molecular formula is C26H36N2O5S. The van der Waals surface area contributed by atoms with Crippen LogP contribution in [0.2, 0.25) is 0 Å². The van der Waals surface area contributed by atoms with Crippen molar-refractivity contribution in [3.8, 4) is 11.5 Å². The second-order valence-electron chi connectivity index (χ2n) is 8.66. The summed E-state index contributed by atoms with van der Waals surface area (Å²) in [7, 11) is -3.42. The smallest absolute Gasteiger partial charge is 0.223 e. The predicted molar refractivity (Wildman–Crippen MR) is 133 cm³/mol. The van der Waals surface area contributed by atoms with Crippen LogP contribution in [-0.4, -0.2) is 44.9 Å². The van der Waals surface area contributed by atoms with Crippen LogP contribution < -0.4 is 14.8 Å². The van der Waals surface area contributed by atoms with Gasteiger partial charge >= 0.3 is 0 Å². The number of nitrogens with one attached hydrogen (secondary N) is 1. The van der Waals surface area contributed by atoms with Crippen molar-refractivity contribution in [2.45, 2.75) is 52.3 Å². The Morgan fingerprint density at radius 2 is 1.71 bits per heavy atom. The summed E-state index contributed by atoms with van der Waals surface area (Å²) in [5.74, 6) is 1.09. The first-order valence-electron chi connectivity index (χ1n) is 12.0. The van der Waals surface area contributed by atoms with Gasteiger partial charge in [-0.3, -0.25) is 4.79 Å². The monoisotopic (exact) mass is 488 g/mol. The highest BCUT2D eigenvalue weighted by atomic mass is 32.2. The number of ether oxygens (including phenoxy) is 2. The van der Waals surface area contributed by atoms with Crippen molar-refractivity contribution in [3.63, 3.8) is 0 Å². The number of piperidine rings is 1. The van der Waals surface area contributed by atoms with Gasteiger partial charge in [-0.15, -0.1) is 0 Å². The topological polar surface area (TPSA) is 84.9 Å². The maximum Gasteiger partial charge on any atom is 0.223 e. The normalized spacial score (nSPS) is 16.1. The van der Waals surface area contributed by atoms with Gasteiger partial charge in [0.15, 0.2) is 11.5 Å². The number of hydrogen-bond acceptors (Lipinski definition) is 5. The van der Waals surface area contributed by atoms with Crippen molar-refractivity contribution < 1.29 is 22.7 Å². The summed E-state index contributed by atoms with van der Waals surface area (Å²) in [5, 5.41) is 3.08. The van der Waals surface area contributed by atoms with Crippen LogP contribution in [-0.2, 0) is 20.6 Å². The Morgan fingerprint density at radius 3 is 2.35 bits per heavy atom. The first-order chi connectivity index (χ1) is 16.2. The van der Waals surface area contributed by atoms with E-state index >= 15 is 0 Å². The molecule has 0 aliphatic carbocycles. The van der Waals surface area contributed by atoms with Crippen LogP contribution >= 0.6 is 0 Å². The van der Waals surface area contributed by atoms with Crippen molar-refractivity contribution in [1.29, 1.82) is 0 Å². The number of hydrogen-bond donors (Lipinski definition) is 1. The largest absolute Gasteiger partial charge is 0.490 e. The van der Waals surface area contributed by atoms with Crippen LogP contribution in [0.4, 0.5) is 0 Å². The SMILES string of the molecule is CCOc1ccc([C@H](C)NC(=O)C2CCN(S(=O)(=O)Cc3ccccc3C)CC2)cc1OCC. The third-order valence-electron chi connectivity index (χ3n) is 6.24. The molecule has 0 aromatic heterocycles. The number of benzene rings is 2. The van der Waals surface area contributed by atoms with Gasteiger partial charge in [0.1, 0.15) is 0 Å². The fourth-order valence-electron chi connectivity index (χ4n) is 4.21.